The van der Waals surface area contributed by atoms with Crippen LogP contribution in [0.5, 0.6) is 0 Å². The van der Waals surface area contributed by atoms with Crippen molar-refractivity contribution in [3.8, 4) is 0 Å². The van der Waals surface area contributed by atoms with Crippen molar-refractivity contribution in [2.45, 2.75) is 104 Å². The smallest absolute Gasteiger partial charge is 0.0833 e. The number of nitrogens with zero attached hydrogens (tertiary/aromatic N) is 1. The minimum absolute atomic E-state index is 0.270. The summed E-state index contributed by atoms with van der Waals surface area (Å²) in [6, 6.07) is 3.97. The fraction of sp³-hybridized carbons (Fsp3) is 0.828. The monoisotopic (exact) mass is 439 g/mol. The highest BCUT2D eigenvalue weighted by molar-refractivity contribution is 5.16. The molecule has 0 radical (unpaired) electrons. The molecule has 32 heavy (non-hydrogen) atoms. The zero-order valence-corrected chi connectivity index (χ0v) is 20.8. The zero-order chi connectivity index (χ0) is 22.7. The van der Waals surface area contributed by atoms with Gasteiger partial charge in [-0.25, -0.2) is 0 Å². The summed E-state index contributed by atoms with van der Waals surface area (Å²) in [5.74, 6) is 4.04. The molecule has 178 valence electrons. The number of hydrogen-bond acceptors (Lipinski definition) is 3. The molecule has 5 rings (SSSR count). The lowest BCUT2D eigenvalue weighted by atomic mass is 9.43. The number of aliphatic hydroxyl groups excluding tert-OH is 1. The summed E-state index contributed by atoms with van der Waals surface area (Å²) >= 11 is 0. The first kappa shape index (κ1) is 22.8. The normalized spacial score (nSPS) is 47.8. The molecule has 0 aliphatic heterocycles. The van der Waals surface area contributed by atoms with Crippen molar-refractivity contribution in [2.75, 3.05) is 0 Å². The lowest BCUT2D eigenvalue weighted by molar-refractivity contribution is -0.154. The van der Waals surface area contributed by atoms with Crippen molar-refractivity contribution < 1.29 is 10.2 Å². The first-order valence-electron chi connectivity index (χ1n) is 13.5. The van der Waals surface area contributed by atoms with Crippen molar-refractivity contribution >= 4 is 0 Å². The third-order valence-corrected chi connectivity index (χ3v) is 11.7. The molecule has 0 bridgehead atoms. The van der Waals surface area contributed by atoms with Gasteiger partial charge >= 0.3 is 0 Å². The number of aliphatic hydroxyl groups is 2. The molecule has 1 aromatic rings. The standard InChI is InChI=1S/C29H45NO2/c1-5-29(32)15-14-27(3)21(17-29)8-9-22-24-11-10-23(28(24,4)13-12-25(22)27)19(2)26(31)20-7-6-16-30-18-20/h6-7,16,18-19,21-26,31-32H,5,8-15,17H2,1-4H3/t19-,21?,22?,23+,24?,25?,26?,27-,28?,29-/m0/s1. The third-order valence-electron chi connectivity index (χ3n) is 11.7. The Labute approximate surface area is 195 Å². The molecule has 4 aliphatic rings. The predicted octanol–water partition coefficient (Wildman–Crippen LogP) is 6.55. The topological polar surface area (TPSA) is 53.4 Å². The number of pyridine rings is 1. The van der Waals surface area contributed by atoms with Crippen LogP contribution in [0.1, 0.15) is 104 Å². The molecule has 0 amide bonds. The fourth-order valence-electron chi connectivity index (χ4n) is 9.62. The lowest BCUT2D eigenvalue weighted by Crippen LogP contribution is -2.56. The van der Waals surface area contributed by atoms with Crippen LogP contribution < -0.4 is 0 Å². The Morgan fingerprint density at radius 1 is 1.03 bits per heavy atom. The molecule has 10 atom stereocenters. The first-order chi connectivity index (χ1) is 15.2. The lowest BCUT2D eigenvalue weighted by Gasteiger charge is -2.62. The summed E-state index contributed by atoms with van der Waals surface area (Å²) in [6.45, 7) is 9.61. The molecule has 1 aromatic heterocycles. The summed E-state index contributed by atoms with van der Waals surface area (Å²) in [5.41, 5.74) is 1.34. The van der Waals surface area contributed by atoms with E-state index in [2.05, 4.69) is 32.7 Å². The molecule has 0 spiro atoms. The highest BCUT2D eigenvalue weighted by atomic mass is 16.3. The van der Waals surface area contributed by atoms with E-state index in [1.54, 1.807) is 6.20 Å². The van der Waals surface area contributed by atoms with E-state index in [-0.39, 0.29) is 5.92 Å². The van der Waals surface area contributed by atoms with Gasteiger partial charge < -0.3 is 10.2 Å². The highest BCUT2D eigenvalue weighted by Crippen LogP contribution is 2.69. The van der Waals surface area contributed by atoms with Crippen LogP contribution in [0.25, 0.3) is 0 Å². The fourth-order valence-corrected chi connectivity index (χ4v) is 9.62. The summed E-state index contributed by atoms with van der Waals surface area (Å²) < 4.78 is 0. The van der Waals surface area contributed by atoms with Crippen molar-refractivity contribution in [1.82, 2.24) is 4.98 Å². The van der Waals surface area contributed by atoms with Gasteiger partial charge in [0.25, 0.3) is 0 Å². The van der Waals surface area contributed by atoms with Crippen LogP contribution in [0, 0.1) is 46.3 Å². The van der Waals surface area contributed by atoms with Gasteiger partial charge in [0.1, 0.15) is 0 Å². The Morgan fingerprint density at radius 2 is 1.81 bits per heavy atom. The molecule has 0 aromatic carbocycles. The van der Waals surface area contributed by atoms with Crippen molar-refractivity contribution in [1.29, 1.82) is 0 Å². The number of rotatable bonds is 4. The SMILES string of the molecule is CC[C@]1(O)CC[C@@]2(C)C(CCC3C4CC[C@H]([C@H](C)C(O)c5cccnc5)C4(C)CCC32)C1. The molecule has 6 unspecified atom stereocenters. The molecule has 4 fully saturated rings. The van der Waals surface area contributed by atoms with Crippen molar-refractivity contribution in [3.63, 3.8) is 0 Å². The maximum absolute atomic E-state index is 11.2. The quantitative estimate of drug-likeness (QED) is 0.559. The van der Waals surface area contributed by atoms with Crippen LogP contribution in [0.2, 0.25) is 0 Å². The van der Waals surface area contributed by atoms with Gasteiger partial charge in [-0.05, 0) is 122 Å². The van der Waals surface area contributed by atoms with E-state index in [0.717, 1.165) is 42.6 Å². The summed E-state index contributed by atoms with van der Waals surface area (Å²) in [7, 11) is 0. The second kappa shape index (κ2) is 8.08. The van der Waals surface area contributed by atoms with E-state index in [0.29, 0.717) is 22.7 Å². The van der Waals surface area contributed by atoms with Crippen LogP contribution >= 0.6 is 0 Å². The minimum atomic E-state index is -0.416. The van der Waals surface area contributed by atoms with Gasteiger partial charge in [0.2, 0.25) is 0 Å². The van der Waals surface area contributed by atoms with E-state index in [9.17, 15) is 10.2 Å². The van der Waals surface area contributed by atoms with Crippen LogP contribution in [-0.4, -0.2) is 20.8 Å². The molecule has 4 saturated carbocycles. The zero-order valence-electron chi connectivity index (χ0n) is 20.8. The molecular formula is C29H45NO2. The molecule has 1 heterocycles. The Morgan fingerprint density at radius 3 is 2.53 bits per heavy atom. The molecule has 0 saturated heterocycles. The number of hydrogen-bond donors (Lipinski definition) is 2. The predicted molar refractivity (Wildman–Crippen MR) is 129 cm³/mol. The van der Waals surface area contributed by atoms with E-state index in [1.807, 2.05) is 18.3 Å². The molecule has 4 aliphatic carbocycles. The van der Waals surface area contributed by atoms with Gasteiger partial charge in [-0.15, -0.1) is 0 Å². The number of fused-ring (bicyclic) bond motifs is 5. The highest BCUT2D eigenvalue weighted by Gasteiger charge is 2.61. The average Bonchev–Trinajstić information content (AvgIpc) is 3.16. The van der Waals surface area contributed by atoms with Crippen molar-refractivity contribution in [3.05, 3.63) is 30.1 Å². The summed E-state index contributed by atoms with van der Waals surface area (Å²) in [6.07, 6.45) is 15.3. The van der Waals surface area contributed by atoms with Gasteiger partial charge in [-0.3, -0.25) is 4.98 Å². The van der Waals surface area contributed by atoms with Crippen LogP contribution in [0.3, 0.4) is 0 Å². The molecule has 2 N–H and O–H groups in total. The van der Waals surface area contributed by atoms with Crippen LogP contribution in [0.15, 0.2) is 24.5 Å². The molecular weight excluding hydrogens is 394 g/mol. The van der Waals surface area contributed by atoms with Gasteiger partial charge in [0, 0.05) is 12.4 Å². The summed E-state index contributed by atoms with van der Waals surface area (Å²) in [4.78, 5) is 4.25. The third kappa shape index (κ3) is 3.40. The molecule has 3 nitrogen and oxygen atoms in total. The Balaban J connectivity index is 1.35. The summed E-state index contributed by atoms with van der Waals surface area (Å²) in [5, 5.41) is 22.2. The Bertz CT molecular complexity index is 813. The number of aromatic nitrogens is 1. The van der Waals surface area contributed by atoms with E-state index in [4.69, 9.17) is 0 Å². The van der Waals surface area contributed by atoms with E-state index < -0.39 is 11.7 Å². The van der Waals surface area contributed by atoms with E-state index in [1.165, 1.54) is 44.9 Å². The largest absolute Gasteiger partial charge is 0.390 e. The Kier molecular flexibility index (Phi) is 5.77. The minimum Gasteiger partial charge on any atom is -0.390 e. The maximum atomic E-state index is 11.2. The average molecular weight is 440 g/mol. The van der Waals surface area contributed by atoms with Crippen molar-refractivity contribution in [2.24, 2.45) is 46.3 Å². The van der Waals surface area contributed by atoms with Crippen LogP contribution in [0.4, 0.5) is 0 Å². The van der Waals surface area contributed by atoms with Gasteiger partial charge in [0.15, 0.2) is 0 Å². The van der Waals surface area contributed by atoms with Gasteiger partial charge in [0.05, 0.1) is 11.7 Å². The second-order valence-corrected chi connectivity index (χ2v) is 12.8. The van der Waals surface area contributed by atoms with Gasteiger partial charge in [-0.1, -0.05) is 33.8 Å². The Hall–Kier alpha value is -0.930. The molecule has 3 heteroatoms. The van der Waals surface area contributed by atoms with Gasteiger partial charge in [-0.2, -0.15) is 0 Å². The first-order valence-corrected chi connectivity index (χ1v) is 13.5. The second-order valence-electron chi connectivity index (χ2n) is 12.8. The van der Waals surface area contributed by atoms with Crippen LogP contribution in [-0.2, 0) is 0 Å². The maximum Gasteiger partial charge on any atom is 0.0833 e. The van der Waals surface area contributed by atoms with E-state index >= 15 is 0 Å².